The van der Waals surface area contributed by atoms with E-state index in [9.17, 15) is 4.79 Å². The predicted molar refractivity (Wildman–Crippen MR) is 53.6 cm³/mol. The zero-order chi connectivity index (χ0) is 10.3. The van der Waals surface area contributed by atoms with E-state index in [0.717, 1.165) is 6.54 Å². The van der Waals surface area contributed by atoms with E-state index in [2.05, 4.69) is 45.3 Å². The molecule has 76 valence electrons. The Labute approximate surface area is 80.3 Å². The van der Waals surface area contributed by atoms with Gasteiger partial charge in [-0.1, -0.05) is 34.6 Å². The second-order valence-corrected chi connectivity index (χ2v) is 5.18. The maximum Gasteiger partial charge on any atom is 0.315 e. The van der Waals surface area contributed by atoms with E-state index in [1.165, 1.54) is 0 Å². The molecule has 0 aromatic carbocycles. The Morgan fingerprint density at radius 2 is 1.92 bits per heavy atom. The van der Waals surface area contributed by atoms with Gasteiger partial charge in [0.15, 0.2) is 0 Å². The van der Waals surface area contributed by atoms with Crippen molar-refractivity contribution in [3.63, 3.8) is 0 Å². The van der Waals surface area contributed by atoms with E-state index in [0.29, 0.717) is 5.92 Å². The van der Waals surface area contributed by atoms with Crippen molar-refractivity contribution in [2.75, 3.05) is 6.54 Å². The van der Waals surface area contributed by atoms with Crippen LogP contribution in [0.15, 0.2) is 0 Å². The minimum absolute atomic E-state index is 0.0383. The van der Waals surface area contributed by atoms with Crippen molar-refractivity contribution in [2.45, 2.75) is 40.2 Å². The summed E-state index contributed by atoms with van der Waals surface area (Å²) in [6.45, 7) is 11.5. The molecular weight excluding hydrogens is 164 g/mol. The van der Waals surface area contributed by atoms with E-state index in [-0.39, 0.29) is 17.0 Å². The van der Waals surface area contributed by atoms with Crippen molar-refractivity contribution in [3.05, 3.63) is 0 Å². The lowest BCUT2D eigenvalue weighted by molar-refractivity contribution is 0.120. The highest BCUT2D eigenvalue weighted by atomic mass is 16.2. The van der Waals surface area contributed by atoms with Gasteiger partial charge in [0.25, 0.3) is 0 Å². The van der Waals surface area contributed by atoms with Gasteiger partial charge in [0.2, 0.25) is 0 Å². The Bertz CT molecular complexity index is 217. The van der Waals surface area contributed by atoms with Gasteiger partial charge in [-0.05, 0) is 11.3 Å². The lowest BCUT2D eigenvalue weighted by Crippen LogP contribution is -2.57. The third-order valence-electron chi connectivity index (χ3n) is 3.19. The van der Waals surface area contributed by atoms with Crippen LogP contribution in [0.2, 0.25) is 0 Å². The predicted octanol–water partition coefficient (Wildman–Crippen LogP) is 1.74. The molecule has 1 atom stereocenters. The molecular formula is C10H20N2O. The number of carbonyl (C=O) groups is 1. The molecule has 3 nitrogen and oxygen atoms in total. The van der Waals surface area contributed by atoms with Crippen LogP contribution in [0.5, 0.6) is 0 Å². The summed E-state index contributed by atoms with van der Waals surface area (Å²) < 4.78 is 0. The van der Waals surface area contributed by atoms with E-state index in [1.807, 2.05) is 0 Å². The van der Waals surface area contributed by atoms with E-state index in [1.54, 1.807) is 0 Å². The monoisotopic (exact) mass is 184 g/mol. The van der Waals surface area contributed by atoms with E-state index >= 15 is 0 Å². The van der Waals surface area contributed by atoms with Crippen molar-refractivity contribution < 1.29 is 4.79 Å². The molecule has 0 aromatic rings. The van der Waals surface area contributed by atoms with Crippen LogP contribution in [0.1, 0.15) is 34.6 Å². The summed E-state index contributed by atoms with van der Waals surface area (Å²) in [5, 5.41) is 5.90. The average Bonchev–Trinajstić information content (AvgIpc) is 2.30. The lowest BCUT2D eigenvalue weighted by Gasteiger charge is -2.44. The summed E-state index contributed by atoms with van der Waals surface area (Å²) in [5.41, 5.74) is -0.0234. The number of hydrogen-bond donors (Lipinski definition) is 2. The molecule has 1 unspecified atom stereocenters. The number of rotatable bonds is 1. The Kier molecular flexibility index (Phi) is 2.30. The third kappa shape index (κ3) is 1.52. The first kappa shape index (κ1) is 10.4. The summed E-state index contributed by atoms with van der Waals surface area (Å²) >= 11 is 0. The number of amides is 2. The van der Waals surface area contributed by atoms with Gasteiger partial charge in [-0.3, -0.25) is 0 Å². The van der Waals surface area contributed by atoms with Crippen LogP contribution >= 0.6 is 0 Å². The summed E-state index contributed by atoms with van der Waals surface area (Å²) in [4.78, 5) is 11.2. The number of urea groups is 1. The third-order valence-corrected chi connectivity index (χ3v) is 3.19. The minimum Gasteiger partial charge on any atom is -0.336 e. The molecule has 0 aromatic heterocycles. The molecule has 1 rings (SSSR count). The smallest absolute Gasteiger partial charge is 0.315 e. The molecule has 1 aliphatic heterocycles. The van der Waals surface area contributed by atoms with Gasteiger partial charge in [-0.25, -0.2) is 4.79 Å². The standard InChI is InChI=1S/C10H20N2O/c1-7(2)10(9(3,4)5)6-11-8(13)12-10/h7H,6H2,1-5H3,(H2,11,12,13). The molecule has 0 bridgehead atoms. The maximum atomic E-state index is 11.2. The van der Waals surface area contributed by atoms with E-state index in [4.69, 9.17) is 0 Å². The van der Waals surface area contributed by atoms with Gasteiger partial charge >= 0.3 is 6.03 Å². The summed E-state index contributed by atoms with van der Waals surface area (Å²) in [6, 6.07) is -0.0383. The van der Waals surface area contributed by atoms with E-state index < -0.39 is 0 Å². The second-order valence-electron chi connectivity index (χ2n) is 5.18. The van der Waals surface area contributed by atoms with Gasteiger partial charge in [0.1, 0.15) is 0 Å². The largest absolute Gasteiger partial charge is 0.336 e. The first-order valence-corrected chi connectivity index (χ1v) is 4.85. The summed E-state index contributed by atoms with van der Waals surface area (Å²) in [5.74, 6) is 0.437. The quantitative estimate of drug-likeness (QED) is 0.640. The highest BCUT2D eigenvalue weighted by Crippen LogP contribution is 2.37. The van der Waals surface area contributed by atoms with Crippen LogP contribution in [0, 0.1) is 11.3 Å². The highest BCUT2D eigenvalue weighted by Gasteiger charge is 2.49. The molecule has 0 aliphatic carbocycles. The van der Waals surface area contributed by atoms with Crippen molar-refractivity contribution in [3.8, 4) is 0 Å². The van der Waals surface area contributed by atoms with Gasteiger partial charge < -0.3 is 10.6 Å². The molecule has 1 heterocycles. The second kappa shape index (κ2) is 2.89. The Morgan fingerprint density at radius 1 is 1.38 bits per heavy atom. The maximum absolute atomic E-state index is 11.2. The summed E-state index contributed by atoms with van der Waals surface area (Å²) in [7, 11) is 0. The van der Waals surface area contributed by atoms with Crippen LogP contribution < -0.4 is 10.6 Å². The van der Waals surface area contributed by atoms with Gasteiger partial charge in [-0.15, -0.1) is 0 Å². The fourth-order valence-electron chi connectivity index (χ4n) is 2.18. The van der Waals surface area contributed by atoms with Crippen molar-refractivity contribution >= 4 is 6.03 Å². The first-order chi connectivity index (χ1) is 5.79. The lowest BCUT2D eigenvalue weighted by atomic mass is 9.68. The van der Waals surface area contributed by atoms with Crippen LogP contribution in [-0.2, 0) is 0 Å². The van der Waals surface area contributed by atoms with Crippen LogP contribution in [0.25, 0.3) is 0 Å². The van der Waals surface area contributed by atoms with Gasteiger partial charge in [0, 0.05) is 6.54 Å². The van der Waals surface area contributed by atoms with Crippen LogP contribution in [0.4, 0.5) is 4.79 Å². The van der Waals surface area contributed by atoms with Crippen molar-refractivity contribution in [1.29, 1.82) is 0 Å². The molecule has 1 fully saturated rings. The molecule has 1 saturated heterocycles. The first-order valence-electron chi connectivity index (χ1n) is 4.85. The topological polar surface area (TPSA) is 41.1 Å². The number of carbonyl (C=O) groups excluding carboxylic acids is 1. The van der Waals surface area contributed by atoms with Crippen LogP contribution in [0.3, 0.4) is 0 Å². The number of hydrogen-bond acceptors (Lipinski definition) is 1. The minimum atomic E-state index is -0.107. The molecule has 3 heteroatoms. The molecule has 0 spiro atoms. The van der Waals surface area contributed by atoms with Gasteiger partial charge in [-0.2, -0.15) is 0 Å². The fourth-order valence-corrected chi connectivity index (χ4v) is 2.18. The Balaban J connectivity index is 2.97. The van der Waals surface area contributed by atoms with Crippen molar-refractivity contribution in [1.82, 2.24) is 10.6 Å². The molecule has 1 aliphatic rings. The zero-order valence-electron chi connectivity index (χ0n) is 9.19. The molecule has 0 saturated carbocycles. The zero-order valence-corrected chi connectivity index (χ0v) is 9.19. The Morgan fingerprint density at radius 3 is 2.08 bits per heavy atom. The van der Waals surface area contributed by atoms with Gasteiger partial charge in [0.05, 0.1) is 5.54 Å². The SMILES string of the molecule is CC(C)C1(C(C)(C)C)CNC(=O)N1. The molecule has 13 heavy (non-hydrogen) atoms. The van der Waals surface area contributed by atoms with Crippen LogP contribution in [-0.4, -0.2) is 18.1 Å². The fraction of sp³-hybridized carbons (Fsp3) is 0.900. The summed E-state index contributed by atoms with van der Waals surface area (Å²) in [6.07, 6.45) is 0. The van der Waals surface area contributed by atoms with Crippen molar-refractivity contribution in [2.24, 2.45) is 11.3 Å². The molecule has 0 radical (unpaired) electrons. The average molecular weight is 184 g/mol. The molecule has 2 amide bonds. The number of nitrogens with one attached hydrogen (secondary N) is 2. The highest BCUT2D eigenvalue weighted by molar-refractivity contribution is 5.77. The Hall–Kier alpha value is -0.730. The molecule has 2 N–H and O–H groups in total. The normalized spacial score (nSPS) is 28.9.